The third-order valence-electron chi connectivity index (χ3n) is 3.65. The average molecular weight is 320 g/mol. The van der Waals surface area contributed by atoms with Crippen LogP contribution in [0.4, 0.5) is 0 Å². The molecule has 0 radical (unpaired) electrons. The summed E-state index contributed by atoms with van der Waals surface area (Å²) in [6.45, 7) is 0. The van der Waals surface area contributed by atoms with Gasteiger partial charge in [-0.05, 0) is 17.2 Å². The molecule has 24 heavy (non-hydrogen) atoms. The van der Waals surface area contributed by atoms with Crippen LogP contribution in [0.1, 0.15) is 27.5 Å². The van der Waals surface area contributed by atoms with Gasteiger partial charge in [0, 0.05) is 6.20 Å². The van der Waals surface area contributed by atoms with Crippen molar-refractivity contribution in [2.24, 2.45) is 4.99 Å². The summed E-state index contributed by atoms with van der Waals surface area (Å²) in [5.41, 5.74) is 1.86. The van der Waals surface area contributed by atoms with E-state index in [2.05, 4.69) is 4.99 Å². The van der Waals surface area contributed by atoms with Crippen LogP contribution < -0.4 is 5.36 Å². The maximum atomic E-state index is 11.4. The van der Waals surface area contributed by atoms with E-state index in [9.17, 15) is 15.1 Å². The second kappa shape index (κ2) is 6.83. The fourth-order valence-corrected chi connectivity index (χ4v) is 2.51. The standard InChI is InChI=1S/C19H16N2O3/c22-19(23)16-13-21(24)12-11-17(16)20-18(14-7-3-1-4-8-14)15-9-5-2-6-10-15/h1-13,18,24H,(H,22,23). The van der Waals surface area contributed by atoms with Gasteiger partial charge in [-0.15, -0.1) is 0 Å². The lowest BCUT2D eigenvalue weighted by molar-refractivity contribution is 0.0689. The first-order valence-electron chi connectivity index (χ1n) is 7.44. The van der Waals surface area contributed by atoms with Crippen molar-refractivity contribution in [2.75, 3.05) is 0 Å². The van der Waals surface area contributed by atoms with E-state index >= 15 is 0 Å². The van der Waals surface area contributed by atoms with E-state index in [1.807, 2.05) is 60.7 Å². The lowest BCUT2D eigenvalue weighted by Gasteiger charge is -2.14. The first-order valence-corrected chi connectivity index (χ1v) is 7.44. The van der Waals surface area contributed by atoms with Gasteiger partial charge in [-0.2, -0.15) is 0 Å². The molecule has 5 nitrogen and oxygen atoms in total. The van der Waals surface area contributed by atoms with Crippen LogP contribution in [0.2, 0.25) is 0 Å². The van der Waals surface area contributed by atoms with Crippen LogP contribution in [-0.2, 0) is 0 Å². The molecule has 120 valence electrons. The normalized spacial score (nSPS) is 11.6. The van der Waals surface area contributed by atoms with E-state index in [0.29, 0.717) is 10.1 Å². The summed E-state index contributed by atoms with van der Waals surface area (Å²) >= 11 is 0. The van der Waals surface area contributed by atoms with Crippen LogP contribution in [0.15, 0.2) is 84.1 Å². The van der Waals surface area contributed by atoms with Crippen LogP contribution in [0.3, 0.4) is 0 Å². The van der Waals surface area contributed by atoms with Crippen molar-refractivity contribution >= 4 is 5.97 Å². The van der Waals surface area contributed by atoms with Crippen molar-refractivity contribution in [3.05, 3.63) is 101 Å². The Morgan fingerprint density at radius 2 is 1.46 bits per heavy atom. The largest absolute Gasteiger partial charge is 0.478 e. The number of benzene rings is 2. The number of carbonyl (C=O) groups is 1. The Hall–Kier alpha value is -3.34. The van der Waals surface area contributed by atoms with Crippen LogP contribution >= 0.6 is 0 Å². The van der Waals surface area contributed by atoms with Crippen molar-refractivity contribution in [3.63, 3.8) is 0 Å². The van der Waals surface area contributed by atoms with E-state index in [-0.39, 0.29) is 11.6 Å². The molecule has 0 aliphatic rings. The number of nitrogens with zero attached hydrogens (tertiary/aromatic N) is 2. The molecule has 0 saturated carbocycles. The molecular weight excluding hydrogens is 304 g/mol. The lowest BCUT2D eigenvalue weighted by atomic mass is 9.99. The smallest absolute Gasteiger partial charge is 0.339 e. The highest BCUT2D eigenvalue weighted by molar-refractivity contribution is 5.86. The van der Waals surface area contributed by atoms with E-state index < -0.39 is 5.97 Å². The molecule has 5 heteroatoms. The molecule has 0 amide bonds. The molecule has 0 atom stereocenters. The molecular formula is C19H16N2O3. The summed E-state index contributed by atoms with van der Waals surface area (Å²) in [5, 5.41) is 19.1. The van der Waals surface area contributed by atoms with Gasteiger partial charge >= 0.3 is 5.97 Å². The molecule has 0 saturated heterocycles. The molecule has 2 N–H and O–H groups in total. The Morgan fingerprint density at radius 1 is 0.917 bits per heavy atom. The first-order chi connectivity index (χ1) is 11.6. The number of aromatic nitrogens is 1. The number of aromatic carboxylic acids is 1. The Bertz CT molecular complexity index is 863. The molecule has 3 rings (SSSR count). The second-order valence-corrected chi connectivity index (χ2v) is 5.28. The van der Waals surface area contributed by atoms with Gasteiger partial charge in [0.2, 0.25) is 0 Å². The average Bonchev–Trinajstić information content (AvgIpc) is 2.62. The molecule has 0 aliphatic heterocycles. The zero-order valence-electron chi connectivity index (χ0n) is 12.8. The zero-order valence-corrected chi connectivity index (χ0v) is 12.8. The van der Waals surface area contributed by atoms with Gasteiger partial charge in [-0.3, -0.25) is 4.99 Å². The molecule has 0 bridgehead atoms. The van der Waals surface area contributed by atoms with Gasteiger partial charge in [0.1, 0.15) is 11.6 Å². The van der Waals surface area contributed by atoms with E-state index in [1.165, 1.54) is 12.3 Å². The van der Waals surface area contributed by atoms with E-state index in [0.717, 1.165) is 17.3 Å². The maximum Gasteiger partial charge on any atom is 0.339 e. The number of carboxylic acid groups (broad SMARTS) is 1. The van der Waals surface area contributed by atoms with Crippen molar-refractivity contribution in [3.8, 4) is 0 Å². The monoisotopic (exact) mass is 320 g/mol. The Morgan fingerprint density at radius 3 is 1.96 bits per heavy atom. The van der Waals surface area contributed by atoms with Crippen molar-refractivity contribution in [1.29, 1.82) is 0 Å². The Kier molecular flexibility index (Phi) is 4.43. The topological polar surface area (TPSA) is 74.8 Å². The van der Waals surface area contributed by atoms with Gasteiger partial charge < -0.3 is 10.3 Å². The van der Waals surface area contributed by atoms with Crippen LogP contribution in [0.25, 0.3) is 0 Å². The van der Waals surface area contributed by atoms with Gasteiger partial charge in [-0.25, -0.2) is 9.52 Å². The van der Waals surface area contributed by atoms with Gasteiger partial charge in [-0.1, -0.05) is 60.7 Å². The molecule has 0 fully saturated rings. The van der Waals surface area contributed by atoms with Crippen LogP contribution in [0, 0.1) is 0 Å². The van der Waals surface area contributed by atoms with E-state index in [4.69, 9.17) is 0 Å². The molecule has 2 aromatic carbocycles. The predicted molar refractivity (Wildman–Crippen MR) is 88.9 cm³/mol. The highest BCUT2D eigenvalue weighted by Crippen LogP contribution is 2.25. The third kappa shape index (κ3) is 3.35. The fraction of sp³-hybridized carbons (Fsp3) is 0.0526. The van der Waals surface area contributed by atoms with Gasteiger partial charge in [0.05, 0.1) is 11.6 Å². The maximum absolute atomic E-state index is 11.4. The highest BCUT2D eigenvalue weighted by atomic mass is 16.5. The number of pyridine rings is 1. The van der Waals surface area contributed by atoms with Gasteiger partial charge in [0.25, 0.3) is 0 Å². The Balaban J connectivity index is 2.20. The molecule has 3 aromatic rings. The molecule has 1 aromatic heterocycles. The number of rotatable bonds is 4. The summed E-state index contributed by atoms with van der Waals surface area (Å²) in [6, 6.07) is 20.5. The quantitative estimate of drug-likeness (QED) is 0.725. The highest BCUT2D eigenvalue weighted by Gasteiger charge is 2.14. The summed E-state index contributed by atoms with van der Waals surface area (Å²) in [7, 11) is 0. The minimum atomic E-state index is -1.14. The number of hydrogen-bond donors (Lipinski definition) is 2. The summed E-state index contributed by atoms with van der Waals surface area (Å²) < 4.78 is 0.711. The van der Waals surface area contributed by atoms with Crippen molar-refractivity contribution in [2.45, 2.75) is 6.04 Å². The molecule has 0 unspecified atom stereocenters. The fourth-order valence-electron chi connectivity index (χ4n) is 2.51. The second-order valence-electron chi connectivity index (χ2n) is 5.28. The number of hydrogen-bond acceptors (Lipinski definition) is 3. The molecule has 1 heterocycles. The Labute approximate surface area is 138 Å². The van der Waals surface area contributed by atoms with Gasteiger partial charge in [0.15, 0.2) is 0 Å². The predicted octanol–water partition coefficient (Wildman–Crippen LogP) is 3.11. The summed E-state index contributed by atoms with van der Waals surface area (Å²) in [5.74, 6) is -1.14. The third-order valence-corrected chi connectivity index (χ3v) is 3.65. The SMILES string of the molecule is O=C(O)c1cn(O)ccc1=NC(c1ccccc1)c1ccccc1. The molecule has 0 spiro atoms. The van der Waals surface area contributed by atoms with E-state index in [1.54, 1.807) is 0 Å². The zero-order chi connectivity index (χ0) is 16.9. The lowest BCUT2D eigenvalue weighted by Crippen LogP contribution is -2.19. The summed E-state index contributed by atoms with van der Waals surface area (Å²) in [4.78, 5) is 16.1. The summed E-state index contributed by atoms with van der Waals surface area (Å²) in [6.07, 6.45) is 2.49. The van der Waals surface area contributed by atoms with Crippen LogP contribution in [0.5, 0.6) is 0 Å². The van der Waals surface area contributed by atoms with Crippen molar-refractivity contribution in [1.82, 2.24) is 4.73 Å². The molecule has 0 aliphatic carbocycles. The van der Waals surface area contributed by atoms with Crippen LogP contribution in [-0.4, -0.2) is 21.0 Å². The minimum Gasteiger partial charge on any atom is -0.478 e. The number of carboxylic acids is 1. The van der Waals surface area contributed by atoms with Crippen molar-refractivity contribution < 1.29 is 15.1 Å². The minimum absolute atomic E-state index is 0.0585. The first kappa shape index (κ1) is 15.6.